The van der Waals surface area contributed by atoms with Crippen molar-refractivity contribution in [1.29, 1.82) is 0 Å². The van der Waals surface area contributed by atoms with Gasteiger partial charge < -0.3 is 15.0 Å². The molecular formula is C12H24N2O2. The summed E-state index contributed by atoms with van der Waals surface area (Å²) in [5, 5.41) is 3.25. The molecule has 1 N–H and O–H groups in total. The fourth-order valence-electron chi connectivity index (χ4n) is 1.94. The summed E-state index contributed by atoms with van der Waals surface area (Å²) in [6.07, 6.45) is 0.838. The number of piperidine rings is 1. The summed E-state index contributed by atoms with van der Waals surface area (Å²) in [6, 6.07) is 0.376. The molecule has 16 heavy (non-hydrogen) atoms. The summed E-state index contributed by atoms with van der Waals surface area (Å²) in [6.45, 7) is 9.45. The molecule has 4 nitrogen and oxygen atoms in total. The van der Waals surface area contributed by atoms with Crippen LogP contribution in [0.2, 0.25) is 0 Å². The first-order valence-electron chi connectivity index (χ1n) is 5.98. The van der Waals surface area contributed by atoms with Gasteiger partial charge in [0, 0.05) is 19.1 Å². The summed E-state index contributed by atoms with van der Waals surface area (Å²) in [5.41, 5.74) is -0.407. The molecular weight excluding hydrogens is 204 g/mol. The molecule has 1 amide bonds. The van der Waals surface area contributed by atoms with Gasteiger partial charge in [-0.25, -0.2) is 4.79 Å². The van der Waals surface area contributed by atoms with Gasteiger partial charge in [0.25, 0.3) is 0 Å². The van der Waals surface area contributed by atoms with Gasteiger partial charge in [-0.1, -0.05) is 6.92 Å². The number of hydrogen-bond acceptors (Lipinski definition) is 3. The molecule has 1 rings (SSSR count). The van der Waals surface area contributed by atoms with Crippen molar-refractivity contribution in [2.75, 3.05) is 20.1 Å². The lowest BCUT2D eigenvalue weighted by atomic mass is 9.94. The zero-order valence-electron chi connectivity index (χ0n) is 11.0. The molecule has 0 radical (unpaired) electrons. The third-order valence-electron chi connectivity index (χ3n) is 2.98. The van der Waals surface area contributed by atoms with Crippen molar-refractivity contribution in [2.24, 2.45) is 5.92 Å². The maximum Gasteiger partial charge on any atom is 0.410 e. The molecule has 0 aromatic heterocycles. The molecule has 4 heteroatoms. The average molecular weight is 228 g/mol. The van der Waals surface area contributed by atoms with Crippen LogP contribution in [-0.4, -0.2) is 42.8 Å². The van der Waals surface area contributed by atoms with Crippen molar-refractivity contribution in [1.82, 2.24) is 10.2 Å². The number of amides is 1. The summed E-state index contributed by atoms with van der Waals surface area (Å²) in [4.78, 5) is 13.7. The Labute approximate surface area is 98.3 Å². The van der Waals surface area contributed by atoms with Gasteiger partial charge in [-0.15, -0.1) is 0 Å². The van der Waals surface area contributed by atoms with E-state index in [2.05, 4.69) is 12.2 Å². The van der Waals surface area contributed by atoms with Crippen LogP contribution in [0.3, 0.4) is 0 Å². The maximum absolute atomic E-state index is 11.9. The summed E-state index contributed by atoms with van der Waals surface area (Å²) < 4.78 is 5.36. The number of likely N-dealkylation sites (N-methyl/N-ethyl adjacent to an activating group) is 1. The summed E-state index contributed by atoms with van der Waals surface area (Å²) in [5.74, 6) is 0.615. The topological polar surface area (TPSA) is 41.6 Å². The first-order chi connectivity index (χ1) is 7.33. The minimum absolute atomic E-state index is 0.195. The van der Waals surface area contributed by atoms with Crippen LogP contribution in [0.5, 0.6) is 0 Å². The first kappa shape index (κ1) is 13.3. The Kier molecular flexibility index (Phi) is 4.19. The first-order valence-corrected chi connectivity index (χ1v) is 5.98. The molecule has 94 valence electrons. The number of carbonyl (C=O) groups is 1. The normalized spacial score (nSPS) is 26.7. The van der Waals surface area contributed by atoms with E-state index >= 15 is 0 Å². The second-order valence-electron chi connectivity index (χ2n) is 5.59. The zero-order chi connectivity index (χ0) is 12.3. The van der Waals surface area contributed by atoms with Crippen LogP contribution < -0.4 is 5.32 Å². The van der Waals surface area contributed by atoms with Gasteiger partial charge in [-0.2, -0.15) is 0 Å². The SMILES string of the molecule is CN[C@@H]1CN(C(=O)OC(C)(C)C)CC[C@H]1C. The highest BCUT2D eigenvalue weighted by Gasteiger charge is 2.30. The van der Waals surface area contributed by atoms with Crippen LogP contribution in [0.1, 0.15) is 34.1 Å². The average Bonchev–Trinajstić information content (AvgIpc) is 2.15. The Balaban J connectivity index is 2.52. The fourth-order valence-corrected chi connectivity index (χ4v) is 1.94. The standard InChI is InChI=1S/C12H24N2O2/c1-9-6-7-14(8-10(9)13-5)11(15)16-12(2,3)4/h9-10,13H,6-8H2,1-5H3/t9-,10-/m1/s1. The molecule has 0 aromatic rings. The van der Waals surface area contributed by atoms with Gasteiger partial charge in [0.15, 0.2) is 0 Å². The highest BCUT2D eigenvalue weighted by Crippen LogP contribution is 2.19. The molecule has 0 bridgehead atoms. The number of nitrogens with one attached hydrogen (secondary N) is 1. The molecule has 2 atom stereocenters. The van der Waals surface area contributed by atoms with Gasteiger partial charge in [0.2, 0.25) is 0 Å². The summed E-state index contributed by atoms with van der Waals surface area (Å²) in [7, 11) is 1.94. The van der Waals surface area contributed by atoms with Crippen LogP contribution in [0, 0.1) is 5.92 Å². The van der Waals surface area contributed by atoms with Gasteiger partial charge >= 0.3 is 6.09 Å². The van der Waals surface area contributed by atoms with E-state index < -0.39 is 5.60 Å². The smallest absolute Gasteiger partial charge is 0.410 e. The van der Waals surface area contributed by atoms with Crippen LogP contribution in [0.25, 0.3) is 0 Å². The number of rotatable bonds is 1. The van der Waals surface area contributed by atoms with Gasteiger partial charge in [0.05, 0.1) is 0 Å². The molecule has 0 aromatic carbocycles. The van der Waals surface area contributed by atoms with E-state index in [0.29, 0.717) is 12.0 Å². The number of likely N-dealkylation sites (tertiary alicyclic amines) is 1. The van der Waals surface area contributed by atoms with Crippen LogP contribution in [-0.2, 0) is 4.74 Å². The molecule has 1 aliphatic rings. The van der Waals surface area contributed by atoms with Crippen LogP contribution in [0.15, 0.2) is 0 Å². The van der Waals surface area contributed by atoms with Gasteiger partial charge in [-0.05, 0) is 40.2 Å². The Hall–Kier alpha value is -0.770. The highest BCUT2D eigenvalue weighted by molar-refractivity contribution is 5.68. The minimum atomic E-state index is -0.407. The molecule has 1 saturated heterocycles. The molecule has 0 unspecified atom stereocenters. The Morgan fingerprint density at radius 2 is 2.06 bits per heavy atom. The van der Waals surface area contributed by atoms with E-state index in [1.807, 2.05) is 27.8 Å². The zero-order valence-corrected chi connectivity index (χ0v) is 11.0. The predicted molar refractivity (Wildman–Crippen MR) is 64.4 cm³/mol. The molecule has 1 aliphatic heterocycles. The Bertz CT molecular complexity index is 248. The van der Waals surface area contributed by atoms with Crippen molar-refractivity contribution in [3.05, 3.63) is 0 Å². The lowest BCUT2D eigenvalue weighted by molar-refractivity contribution is 0.0152. The van der Waals surface area contributed by atoms with Crippen molar-refractivity contribution in [3.63, 3.8) is 0 Å². The van der Waals surface area contributed by atoms with Gasteiger partial charge in [-0.3, -0.25) is 0 Å². The second kappa shape index (κ2) is 5.04. The number of nitrogens with zero attached hydrogens (tertiary/aromatic N) is 1. The Morgan fingerprint density at radius 3 is 2.56 bits per heavy atom. The van der Waals surface area contributed by atoms with E-state index in [1.54, 1.807) is 4.90 Å². The molecule has 0 saturated carbocycles. The van der Waals surface area contributed by atoms with Gasteiger partial charge in [0.1, 0.15) is 5.60 Å². The molecule has 1 heterocycles. The van der Waals surface area contributed by atoms with Crippen molar-refractivity contribution in [3.8, 4) is 0 Å². The molecule has 0 aliphatic carbocycles. The highest BCUT2D eigenvalue weighted by atomic mass is 16.6. The number of carbonyl (C=O) groups excluding carboxylic acids is 1. The second-order valence-corrected chi connectivity index (χ2v) is 5.59. The molecule has 1 fully saturated rings. The fraction of sp³-hybridized carbons (Fsp3) is 0.917. The van der Waals surface area contributed by atoms with E-state index in [0.717, 1.165) is 19.5 Å². The lowest BCUT2D eigenvalue weighted by Gasteiger charge is -2.37. The number of ether oxygens (including phenoxy) is 1. The quantitative estimate of drug-likeness (QED) is 0.744. The van der Waals surface area contributed by atoms with E-state index in [-0.39, 0.29) is 6.09 Å². The predicted octanol–water partition coefficient (Wildman–Crippen LogP) is 1.85. The van der Waals surface area contributed by atoms with Crippen molar-refractivity contribution >= 4 is 6.09 Å². The van der Waals surface area contributed by atoms with E-state index in [1.165, 1.54) is 0 Å². The Morgan fingerprint density at radius 1 is 1.44 bits per heavy atom. The maximum atomic E-state index is 11.9. The van der Waals surface area contributed by atoms with Crippen LogP contribution in [0.4, 0.5) is 4.79 Å². The van der Waals surface area contributed by atoms with E-state index in [4.69, 9.17) is 4.74 Å². The lowest BCUT2D eigenvalue weighted by Crippen LogP contribution is -2.51. The van der Waals surface area contributed by atoms with E-state index in [9.17, 15) is 4.79 Å². The number of hydrogen-bond donors (Lipinski definition) is 1. The van der Waals surface area contributed by atoms with Crippen molar-refractivity contribution in [2.45, 2.75) is 45.8 Å². The largest absolute Gasteiger partial charge is 0.444 e. The summed E-state index contributed by atoms with van der Waals surface area (Å²) >= 11 is 0. The molecule has 0 spiro atoms. The van der Waals surface area contributed by atoms with Crippen LogP contribution >= 0.6 is 0 Å². The monoisotopic (exact) mass is 228 g/mol. The van der Waals surface area contributed by atoms with Crippen molar-refractivity contribution < 1.29 is 9.53 Å². The minimum Gasteiger partial charge on any atom is -0.444 e. The third kappa shape index (κ3) is 3.67. The third-order valence-corrected chi connectivity index (χ3v) is 2.98.